The van der Waals surface area contributed by atoms with Gasteiger partial charge in [-0.15, -0.1) is 0 Å². The standard InChI is InChI=1S/C6H11F2NO2S/c1-4(6(7)8)9-5-2-12(10,11)3-5/h4-6,9H,2-3H2,1H3. The van der Waals surface area contributed by atoms with Crippen molar-refractivity contribution in [2.75, 3.05) is 11.5 Å². The summed E-state index contributed by atoms with van der Waals surface area (Å²) in [6.45, 7) is 1.34. The van der Waals surface area contributed by atoms with E-state index in [-0.39, 0.29) is 17.5 Å². The molecule has 0 aliphatic carbocycles. The summed E-state index contributed by atoms with van der Waals surface area (Å²) in [6, 6.07) is -1.20. The molecular formula is C6H11F2NO2S. The molecule has 0 radical (unpaired) electrons. The third kappa shape index (κ3) is 2.38. The highest BCUT2D eigenvalue weighted by Gasteiger charge is 2.35. The molecule has 3 nitrogen and oxygen atoms in total. The lowest BCUT2D eigenvalue weighted by molar-refractivity contribution is 0.102. The second-order valence-corrected chi connectivity index (χ2v) is 5.22. The zero-order valence-electron chi connectivity index (χ0n) is 6.63. The monoisotopic (exact) mass is 199 g/mol. The van der Waals surface area contributed by atoms with Crippen molar-refractivity contribution in [2.24, 2.45) is 0 Å². The van der Waals surface area contributed by atoms with Crippen molar-refractivity contribution in [1.29, 1.82) is 0 Å². The van der Waals surface area contributed by atoms with Crippen molar-refractivity contribution in [2.45, 2.75) is 25.4 Å². The van der Waals surface area contributed by atoms with Crippen LogP contribution in [0, 0.1) is 0 Å². The Hall–Kier alpha value is -0.230. The van der Waals surface area contributed by atoms with Gasteiger partial charge in [0.25, 0.3) is 6.43 Å². The molecule has 0 aromatic heterocycles. The molecule has 1 aliphatic heterocycles. The fourth-order valence-electron chi connectivity index (χ4n) is 1.10. The van der Waals surface area contributed by atoms with Crippen LogP contribution in [0.4, 0.5) is 8.78 Å². The van der Waals surface area contributed by atoms with Gasteiger partial charge >= 0.3 is 0 Å². The minimum atomic E-state index is -2.91. The Morgan fingerprint density at radius 1 is 1.42 bits per heavy atom. The molecule has 72 valence electrons. The van der Waals surface area contributed by atoms with Crippen molar-refractivity contribution in [3.63, 3.8) is 0 Å². The highest BCUT2D eigenvalue weighted by molar-refractivity contribution is 7.92. The van der Waals surface area contributed by atoms with Gasteiger partial charge in [0.15, 0.2) is 9.84 Å². The van der Waals surface area contributed by atoms with Crippen molar-refractivity contribution in [3.8, 4) is 0 Å². The van der Waals surface area contributed by atoms with E-state index in [1.807, 2.05) is 0 Å². The van der Waals surface area contributed by atoms with Crippen LogP contribution in [0.5, 0.6) is 0 Å². The fourth-order valence-corrected chi connectivity index (χ4v) is 2.43. The van der Waals surface area contributed by atoms with Crippen molar-refractivity contribution >= 4 is 9.84 Å². The molecule has 0 bridgehead atoms. The van der Waals surface area contributed by atoms with E-state index in [4.69, 9.17) is 0 Å². The zero-order valence-corrected chi connectivity index (χ0v) is 7.44. The Bertz CT molecular complexity index is 240. The maximum absolute atomic E-state index is 11.9. The minimum absolute atomic E-state index is 0.00986. The number of nitrogens with one attached hydrogen (secondary N) is 1. The van der Waals surface area contributed by atoms with E-state index in [2.05, 4.69) is 5.32 Å². The van der Waals surface area contributed by atoms with Crippen LogP contribution in [-0.4, -0.2) is 38.4 Å². The third-order valence-electron chi connectivity index (χ3n) is 1.79. The average molecular weight is 199 g/mol. The average Bonchev–Trinajstić information content (AvgIpc) is 1.83. The Morgan fingerprint density at radius 2 is 1.92 bits per heavy atom. The molecule has 12 heavy (non-hydrogen) atoms. The number of sulfone groups is 1. The van der Waals surface area contributed by atoms with Crippen LogP contribution < -0.4 is 5.32 Å². The molecule has 1 unspecified atom stereocenters. The van der Waals surface area contributed by atoms with Gasteiger partial charge in [-0.3, -0.25) is 0 Å². The van der Waals surface area contributed by atoms with E-state index < -0.39 is 22.3 Å². The lowest BCUT2D eigenvalue weighted by atomic mass is 10.3. The SMILES string of the molecule is CC(NC1CS(=O)(=O)C1)C(F)F. The summed E-state index contributed by atoms with van der Waals surface area (Å²) < 4.78 is 45.1. The Morgan fingerprint density at radius 3 is 2.25 bits per heavy atom. The van der Waals surface area contributed by atoms with Gasteiger partial charge < -0.3 is 5.32 Å². The lowest BCUT2D eigenvalue weighted by Gasteiger charge is -2.29. The smallest absolute Gasteiger partial charge is 0.253 e. The predicted molar refractivity (Wildman–Crippen MR) is 41.0 cm³/mol. The second kappa shape index (κ2) is 3.26. The Balaban J connectivity index is 2.28. The molecule has 0 aromatic carbocycles. The van der Waals surface area contributed by atoms with Crippen LogP contribution in [-0.2, 0) is 9.84 Å². The predicted octanol–water partition coefficient (Wildman–Crippen LogP) is 0.0266. The molecule has 0 amide bonds. The summed E-state index contributed by atoms with van der Waals surface area (Å²) in [5, 5.41) is 2.54. The number of halogens is 2. The topological polar surface area (TPSA) is 46.2 Å². The summed E-state index contributed by atoms with van der Waals surface area (Å²) in [7, 11) is -2.91. The van der Waals surface area contributed by atoms with E-state index in [1.165, 1.54) is 6.92 Å². The molecular weight excluding hydrogens is 188 g/mol. The van der Waals surface area contributed by atoms with Gasteiger partial charge in [-0.2, -0.15) is 0 Å². The van der Waals surface area contributed by atoms with Gasteiger partial charge in [0, 0.05) is 6.04 Å². The van der Waals surface area contributed by atoms with Crippen molar-refractivity contribution < 1.29 is 17.2 Å². The summed E-state index contributed by atoms with van der Waals surface area (Å²) in [4.78, 5) is 0. The molecule has 1 saturated heterocycles. The minimum Gasteiger partial charge on any atom is -0.304 e. The molecule has 1 heterocycles. The lowest BCUT2D eigenvalue weighted by Crippen LogP contribution is -2.55. The van der Waals surface area contributed by atoms with E-state index in [9.17, 15) is 17.2 Å². The summed E-state index contributed by atoms with van der Waals surface area (Å²) >= 11 is 0. The molecule has 1 atom stereocenters. The van der Waals surface area contributed by atoms with Gasteiger partial charge in [0.2, 0.25) is 0 Å². The number of alkyl halides is 2. The van der Waals surface area contributed by atoms with Crippen LogP contribution in [0.25, 0.3) is 0 Å². The summed E-state index contributed by atoms with van der Waals surface area (Å²) in [6.07, 6.45) is -2.44. The van der Waals surface area contributed by atoms with Crippen LogP contribution in [0.1, 0.15) is 6.92 Å². The number of hydrogen-bond acceptors (Lipinski definition) is 3. The van der Waals surface area contributed by atoms with Gasteiger partial charge in [0.1, 0.15) is 0 Å². The van der Waals surface area contributed by atoms with E-state index in [0.29, 0.717) is 0 Å². The summed E-state index contributed by atoms with van der Waals surface area (Å²) in [5.41, 5.74) is 0. The molecule has 1 rings (SSSR count). The highest BCUT2D eigenvalue weighted by Crippen LogP contribution is 2.12. The van der Waals surface area contributed by atoms with E-state index >= 15 is 0 Å². The summed E-state index contributed by atoms with van der Waals surface area (Å²) in [5.74, 6) is -0.0197. The molecule has 0 aromatic rings. The van der Waals surface area contributed by atoms with Crippen LogP contribution in [0.15, 0.2) is 0 Å². The number of rotatable bonds is 3. The zero-order chi connectivity index (χ0) is 9.35. The van der Waals surface area contributed by atoms with Gasteiger partial charge in [-0.25, -0.2) is 17.2 Å². The van der Waals surface area contributed by atoms with Crippen LogP contribution in [0.2, 0.25) is 0 Å². The Kier molecular flexibility index (Phi) is 2.67. The first-order chi connectivity index (χ1) is 5.41. The largest absolute Gasteiger partial charge is 0.304 e. The fraction of sp³-hybridized carbons (Fsp3) is 1.00. The molecule has 1 aliphatic rings. The first-order valence-corrected chi connectivity index (χ1v) is 5.47. The molecule has 1 N–H and O–H groups in total. The van der Waals surface area contributed by atoms with Crippen molar-refractivity contribution in [3.05, 3.63) is 0 Å². The molecule has 1 fully saturated rings. The van der Waals surface area contributed by atoms with Crippen molar-refractivity contribution in [1.82, 2.24) is 5.32 Å². The van der Waals surface area contributed by atoms with Gasteiger partial charge in [-0.1, -0.05) is 0 Å². The maximum atomic E-state index is 11.9. The van der Waals surface area contributed by atoms with Crippen LogP contribution >= 0.6 is 0 Å². The van der Waals surface area contributed by atoms with Gasteiger partial charge in [0.05, 0.1) is 17.5 Å². The Labute approximate surface area is 70.1 Å². The third-order valence-corrected chi connectivity index (χ3v) is 3.61. The second-order valence-electron chi connectivity index (χ2n) is 3.06. The first-order valence-electron chi connectivity index (χ1n) is 3.65. The number of hydrogen-bond donors (Lipinski definition) is 1. The van der Waals surface area contributed by atoms with Gasteiger partial charge in [-0.05, 0) is 6.92 Å². The molecule has 0 saturated carbocycles. The van der Waals surface area contributed by atoms with Crippen LogP contribution in [0.3, 0.4) is 0 Å². The van der Waals surface area contributed by atoms with E-state index in [0.717, 1.165) is 0 Å². The first kappa shape index (κ1) is 9.85. The maximum Gasteiger partial charge on any atom is 0.253 e. The highest BCUT2D eigenvalue weighted by atomic mass is 32.2. The normalized spacial score (nSPS) is 25.3. The van der Waals surface area contributed by atoms with E-state index in [1.54, 1.807) is 0 Å². The molecule has 6 heteroatoms. The molecule has 0 spiro atoms. The quantitative estimate of drug-likeness (QED) is 0.697.